The number of para-hydroxylation sites is 1. The molecule has 0 bridgehead atoms. The van der Waals surface area contributed by atoms with Gasteiger partial charge in [-0.3, -0.25) is 13.9 Å². The van der Waals surface area contributed by atoms with Gasteiger partial charge in [0, 0.05) is 19.5 Å². The molecule has 3 aromatic carbocycles. The zero-order valence-electron chi connectivity index (χ0n) is 21.0. The molecule has 0 spiro atoms. The fourth-order valence-electron chi connectivity index (χ4n) is 3.90. The van der Waals surface area contributed by atoms with Crippen molar-refractivity contribution in [2.45, 2.75) is 33.1 Å². The first-order chi connectivity index (χ1) is 17.1. The first kappa shape index (κ1) is 26.9. The van der Waals surface area contributed by atoms with Crippen molar-refractivity contribution < 1.29 is 18.0 Å². The fraction of sp³-hybridized carbons (Fsp3) is 0.286. The molecule has 7 nitrogen and oxygen atoms in total. The molecule has 3 rings (SSSR count). The number of sulfonamides is 1. The van der Waals surface area contributed by atoms with E-state index in [1.807, 2.05) is 62.4 Å². The Kier molecular flexibility index (Phi) is 9.25. The van der Waals surface area contributed by atoms with Gasteiger partial charge in [-0.15, -0.1) is 0 Å². The number of rotatable bonds is 11. The zero-order chi connectivity index (χ0) is 26.1. The Hall–Kier alpha value is -3.65. The minimum absolute atomic E-state index is 0.112. The summed E-state index contributed by atoms with van der Waals surface area (Å²) in [5, 5.41) is 5.70. The van der Waals surface area contributed by atoms with Crippen LogP contribution in [0.4, 0.5) is 11.4 Å². The third-order valence-electron chi connectivity index (χ3n) is 5.79. The molecular weight excluding hydrogens is 474 g/mol. The Balaban J connectivity index is 1.58. The van der Waals surface area contributed by atoms with Crippen molar-refractivity contribution in [3.05, 3.63) is 95.1 Å². The van der Waals surface area contributed by atoms with Crippen LogP contribution in [-0.4, -0.2) is 39.6 Å². The molecule has 0 aliphatic heterocycles. The van der Waals surface area contributed by atoms with E-state index in [9.17, 15) is 18.0 Å². The minimum atomic E-state index is -3.51. The van der Waals surface area contributed by atoms with Crippen molar-refractivity contribution in [3.8, 4) is 0 Å². The van der Waals surface area contributed by atoms with Gasteiger partial charge in [0.2, 0.25) is 15.9 Å². The molecule has 0 radical (unpaired) electrons. The van der Waals surface area contributed by atoms with E-state index in [1.54, 1.807) is 24.3 Å². The van der Waals surface area contributed by atoms with E-state index in [-0.39, 0.29) is 24.8 Å². The maximum atomic E-state index is 12.7. The monoisotopic (exact) mass is 507 g/mol. The predicted octanol–water partition coefficient (Wildman–Crippen LogP) is 4.46. The lowest BCUT2D eigenvalue weighted by atomic mass is 10.1. The standard InChI is InChI=1S/C28H33N3O4S/c1-21-15-16-22(2)26(20-21)31(36(3,34)35)19-9-14-27(32)30-25-13-8-7-12-24(25)28(33)29-18-17-23-10-5-4-6-11-23/h4-8,10-13,15-16,20H,9,14,17-19H2,1-3H3,(H,29,33)(H,30,32). The van der Waals surface area contributed by atoms with Crippen LogP contribution in [-0.2, 0) is 21.2 Å². The summed E-state index contributed by atoms with van der Waals surface area (Å²) in [6.45, 7) is 4.43. The van der Waals surface area contributed by atoms with Crippen LogP contribution in [0.2, 0.25) is 0 Å². The van der Waals surface area contributed by atoms with Gasteiger partial charge in [-0.25, -0.2) is 8.42 Å². The van der Waals surface area contributed by atoms with Crippen LogP contribution >= 0.6 is 0 Å². The third-order valence-corrected chi connectivity index (χ3v) is 6.97. The molecule has 0 saturated heterocycles. The number of nitrogens with one attached hydrogen (secondary N) is 2. The minimum Gasteiger partial charge on any atom is -0.352 e. The van der Waals surface area contributed by atoms with Crippen LogP contribution in [0.25, 0.3) is 0 Å². The zero-order valence-corrected chi connectivity index (χ0v) is 21.8. The molecule has 2 N–H and O–H groups in total. The van der Waals surface area contributed by atoms with E-state index >= 15 is 0 Å². The fourth-order valence-corrected chi connectivity index (χ4v) is 4.91. The molecule has 0 fully saturated rings. The van der Waals surface area contributed by atoms with Crippen molar-refractivity contribution in [2.75, 3.05) is 29.0 Å². The Morgan fingerprint density at radius 3 is 2.33 bits per heavy atom. The van der Waals surface area contributed by atoms with Crippen LogP contribution in [0.3, 0.4) is 0 Å². The molecule has 190 valence electrons. The first-order valence-corrected chi connectivity index (χ1v) is 13.8. The molecule has 0 aliphatic rings. The Morgan fingerprint density at radius 2 is 1.61 bits per heavy atom. The number of carbonyl (C=O) groups excluding carboxylic acids is 2. The van der Waals surface area contributed by atoms with Gasteiger partial charge in [0.05, 0.1) is 23.2 Å². The Morgan fingerprint density at radius 1 is 0.917 bits per heavy atom. The molecule has 3 aromatic rings. The molecule has 2 amide bonds. The largest absolute Gasteiger partial charge is 0.352 e. The average Bonchev–Trinajstić information content (AvgIpc) is 2.84. The molecule has 36 heavy (non-hydrogen) atoms. The summed E-state index contributed by atoms with van der Waals surface area (Å²) in [4.78, 5) is 25.4. The second-order valence-corrected chi connectivity index (χ2v) is 10.7. The number of hydrogen-bond donors (Lipinski definition) is 2. The number of aryl methyl sites for hydroxylation is 2. The first-order valence-electron chi connectivity index (χ1n) is 11.9. The SMILES string of the molecule is Cc1ccc(C)c(N(CCCC(=O)Nc2ccccc2C(=O)NCCc2ccccc2)S(C)(=O)=O)c1. The lowest BCUT2D eigenvalue weighted by Crippen LogP contribution is -2.32. The van der Waals surface area contributed by atoms with Crippen molar-refractivity contribution in [3.63, 3.8) is 0 Å². The predicted molar refractivity (Wildman–Crippen MR) is 145 cm³/mol. The Labute approximate surface area is 213 Å². The number of benzene rings is 3. The highest BCUT2D eigenvalue weighted by atomic mass is 32.2. The summed E-state index contributed by atoms with van der Waals surface area (Å²) in [5.41, 5.74) is 4.36. The number of carbonyl (C=O) groups is 2. The summed E-state index contributed by atoms with van der Waals surface area (Å²) >= 11 is 0. The van der Waals surface area contributed by atoms with E-state index in [0.29, 0.717) is 36.3 Å². The quantitative estimate of drug-likeness (QED) is 0.401. The molecular formula is C28H33N3O4S. The van der Waals surface area contributed by atoms with E-state index in [2.05, 4.69) is 10.6 Å². The van der Waals surface area contributed by atoms with Gasteiger partial charge in [-0.1, -0.05) is 54.6 Å². The summed E-state index contributed by atoms with van der Waals surface area (Å²) in [6.07, 6.45) is 2.32. The molecule has 0 heterocycles. The van der Waals surface area contributed by atoms with Crippen LogP contribution in [0, 0.1) is 13.8 Å². The number of hydrogen-bond acceptors (Lipinski definition) is 4. The van der Waals surface area contributed by atoms with Gasteiger partial charge in [0.1, 0.15) is 0 Å². The molecule has 0 atom stereocenters. The van der Waals surface area contributed by atoms with Crippen LogP contribution in [0.15, 0.2) is 72.8 Å². The van der Waals surface area contributed by atoms with Crippen molar-refractivity contribution in [1.29, 1.82) is 0 Å². The summed E-state index contributed by atoms with van der Waals surface area (Å²) < 4.78 is 26.2. The lowest BCUT2D eigenvalue weighted by Gasteiger charge is -2.24. The Bertz CT molecular complexity index is 1310. The lowest BCUT2D eigenvalue weighted by molar-refractivity contribution is -0.116. The van der Waals surface area contributed by atoms with Crippen molar-refractivity contribution in [1.82, 2.24) is 5.32 Å². The molecule has 8 heteroatoms. The third kappa shape index (κ3) is 7.68. The molecule has 0 unspecified atom stereocenters. The van der Waals surface area contributed by atoms with E-state index in [4.69, 9.17) is 0 Å². The summed E-state index contributed by atoms with van der Waals surface area (Å²) in [6, 6.07) is 22.4. The van der Waals surface area contributed by atoms with Crippen molar-refractivity contribution in [2.24, 2.45) is 0 Å². The number of amides is 2. The van der Waals surface area contributed by atoms with Gasteiger partial charge in [0.15, 0.2) is 0 Å². The van der Waals surface area contributed by atoms with E-state index in [1.165, 1.54) is 10.6 Å². The van der Waals surface area contributed by atoms with Crippen LogP contribution < -0.4 is 14.9 Å². The second-order valence-electron chi connectivity index (χ2n) is 8.81. The molecule has 0 saturated carbocycles. The summed E-state index contributed by atoms with van der Waals surface area (Å²) in [5.74, 6) is -0.547. The molecule has 0 aromatic heterocycles. The normalized spacial score (nSPS) is 11.1. The highest BCUT2D eigenvalue weighted by Crippen LogP contribution is 2.24. The van der Waals surface area contributed by atoms with Gasteiger partial charge in [-0.2, -0.15) is 0 Å². The smallest absolute Gasteiger partial charge is 0.253 e. The topological polar surface area (TPSA) is 95.6 Å². The van der Waals surface area contributed by atoms with E-state index in [0.717, 1.165) is 16.7 Å². The number of nitrogens with zero attached hydrogens (tertiary/aromatic N) is 1. The van der Waals surface area contributed by atoms with Gasteiger partial charge >= 0.3 is 0 Å². The highest BCUT2D eigenvalue weighted by molar-refractivity contribution is 7.92. The second kappa shape index (κ2) is 12.4. The molecule has 0 aliphatic carbocycles. The van der Waals surface area contributed by atoms with Crippen LogP contribution in [0.5, 0.6) is 0 Å². The maximum absolute atomic E-state index is 12.7. The maximum Gasteiger partial charge on any atom is 0.253 e. The number of anilines is 2. The van der Waals surface area contributed by atoms with Crippen LogP contribution in [0.1, 0.15) is 39.9 Å². The average molecular weight is 508 g/mol. The van der Waals surface area contributed by atoms with E-state index < -0.39 is 10.0 Å². The highest BCUT2D eigenvalue weighted by Gasteiger charge is 2.20. The van der Waals surface area contributed by atoms with Gasteiger partial charge in [-0.05, 0) is 61.6 Å². The van der Waals surface area contributed by atoms with Gasteiger partial charge in [0.25, 0.3) is 5.91 Å². The summed E-state index contributed by atoms with van der Waals surface area (Å²) in [7, 11) is -3.51. The van der Waals surface area contributed by atoms with Gasteiger partial charge < -0.3 is 10.6 Å². The van der Waals surface area contributed by atoms with Crippen molar-refractivity contribution >= 4 is 33.2 Å².